The van der Waals surface area contributed by atoms with Crippen LogP contribution in [0, 0.1) is 0 Å². The summed E-state index contributed by atoms with van der Waals surface area (Å²) in [7, 11) is 1.69. The molecule has 1 fully saturated rings. The smallest absolute Gasteiger partial charge is 0.252 e. The largest absolute Gasteiger partial charge is 0.383 e. The Kier molecular flexibility index (Phi) is 4.92. The third-order valence-electron chi connectivity index (χ3n) is 4.63. The molecule has 1 N–H and O–H groups in total. The van der Waals surface area contributed by atoms with Gasteiger partial charge >= 0.3 is 0 Å². The minimum atomic E-state index is -0.175. The second-order valence-corrected chi connectivity index (χ2v) is 7.01. The third kappa shape index (κ3) is 3.62. The lowest BCUT2D eigenvalue weighted by Gasteiger charge is -2.35. The predicted octanol–water partition coefficient (Wildman–Crippen LogP) is 2.98. The number of nitrogens with zero attached hydrogens (tertiary/aromatic N) is 1. The first-order valence-electron chi connectivity index (χ1n) is 8.52. The number of methoxy groups -OCH3 is 1. The Morgan fingerprint density at radius 2 is 2.25 bits per heavy atom. The van der Waals surface area contributed by atoms with Gasteiger partial charge in [-0.3, -0.25) is 4.79 Å². The fraction of sp³-hybridized carbons (Fsp3) is 0.526. The molecule has 0 radical (unpaired) electrons. The van der Waals surface area contributed by atoms with Crippen LogP contribution in [0.2, 0.25) is 0 Å². The topological polar surface area (TPSA) is 52.5 Å². The molecule has 24 heavy (non-hydrogen) atoms. The van der Waals surface area contributed by atoms with Gasteiger partial charge in [-0.1, -0.05) is 6.07 Å². The Morgan fingerprint density at radius 3 is 3.00 bits per heavy atom. The van der Waals surface area contributed by atoms with E-state index in [1.807, 2.05) is 30.5 Å². The SMILES string of the molecule is COCCn1ccc2c(C(=O)N[C@@H]3CCOC(C)(C)C3)cccc21. The van der Waals surface area contributed by atoms with Gasteiger partial charge in [-0.2, -0.15) is 0 Å². The van der Waals surface area contributed by atoms with Crippen molar-refractivity contribution < 1.29 is 14.3 Å². The van der Waals surface area contributed by atoms with Gasteiger partial charge in [0.15, 0.2) is 0 Å². The van der Waals surface area contributed by atoms with Gasteiger partial charge in [0.25, 0.3) is 5.91 Å². The van der Waals surface area contributed by atoms with Crippen LogP contribution in [0.15, 0.2) is 30.5 Å². The number of carbonyl (C=O) groups excluding carboxylic acids is 1. The fourth-order valence-corrected chi connectivity index (χ4v) is 3.42. The van der Waals surface area contributed by atoms with Crippen LogP contribution in [-0.4, -0.2) is 42.4 Å². The maximum absolute atomic E-state index is 12.8. The van der Waals surface area contributed by atoms with Crippen molar-refractivity contribution in [3.63, 3.8) is 0 Å². The lowest BCUT2D eigenvalue weighted by Crippen LogP contribution is -2.45. The van der Waals surface area contributed by atoms with Crippen LogP contribution in [0.3, 0.4) is 0 Å². The van der Waals surface area contributed by atoms with E-state index in [9.17, 15) is 4.79 Å². The molecule has 0 spiro atoms. The highest BCUT2D eigenvalue weighted by molar-refractivity contribution is 6.06. The van der Waals surface area contributed by atoms with Gasteiger partial charge in [0, 0.05) is 49.0 Å². The maximum atomic E-state index is 12.8. The number of aromatic nitrogens is 1. The third-order valence-corrected chi connectivity index (χ3v) is 4.63. The molecule has 5 nitrogen and oxygen atoms in total. The average Bonchev–Trinajstić information content (AvgIpc) is 2.95. The first-order chi connectivity index (χ1) is 11.5. The van der Waals surface area contributed by atoms with Gasteiger partial charge in [0.05, 0.1) is 12.2 Å². The van der Waals surface area contributed by atoms with Gasteiger partial charge < -0.3 is 19.4 Å². The minimum absolute atomic E-state index is 0.00667. The van der Waals surface area contributed by atoms with Gasteiger partial charge in [-0.15, -0.1) is 0 Å². The molecule has 0 aliphatic carbocycles. The van der Waals surface area contributed by atoms with Crippen LogP contribution in [-0.2, 0) is 16.0 Å². The number of hydrogen-bond acceptors (Lipinski definition) is 3. The Hall–Kier alpha value is -1.85. The molecule has 1 aliphatic heterocycles. The van der Waals surface area contributed by atoms with E-state index in [1.54, 1.807) is 7.11 Å². The molecule has 3 rings (SSSR count). The minimum Gasteiger partial charge on any atom is -0.383 e. The molecular formula is C19H26N2O3. The first-order valence-corrected chi connectivity index (χ1v) is 8.52. The zero-order valence-corrected chi connectivity index (χ0v) is 14.7. The van der Waals surface area contributed by atoms with Crippen molar-refractivity contribution in [3.8, 4) is 0 Å². The Balaban J connectivity index is 1.78. The zero-order chi connectivity index (χ0) is 17.2. The Labute approximate surface area is 142 Å². The number of rotatable bonds is 5. The molecule has 1 aliphatic rings. The van der Waals surface area contributed by atoms with E-state index < -0.39 is 0 Å². The summed E-state index contributed by atoms with van der Waals surface area (Å²) in [6.45, 7) is 6.26. The first kappa shape index (κ1) is 17.0. The highest BCUT2D eigenvalue weighted by Crippen LogP contribution is 2.25. The van der Waals surface area contributed by atoms with Gasteiger partial charge in [0.2, 0.25) is 0 Å². The van der Waals surface area contributed by atoms with Gasteiger partial charge in [-0.05, 0) is 44.9 Å². The number of carbonyl (C=O) groups is 1. The lowest BCUT2D eigenvalue weighted by molar-refractivity contribution is -0.0615. The molecule has 130 valence electrons. The van der Waals surface area contributed by atoms with E-state index in [4.69, 9.17) is 9.47 Å². The van der Waals surface area contributed by atoms with Crippen LogP contribution in [0.5, 0.6) is 0 Å². The van der Waals surface area contributed by atoms with Crippen molar-refractivity contribution in [1.82, 2.24) is 9.88 Å². The fourth-order valence-electron chi connectivity index (χ4n) is 3.42. The van der Waals surface area contributed by atoms with Crippen molar-refractivity contribution in [3.05, 3.63) is 36.0 Å². The number of ether oxygens (including phenoxy) is 2. The molecule has 1 aromatic heterocycles. The van der Waals surface area contributed by atoms with Crippen LogP contribution in [0.25, 0.3) is 10.9 Å². The van der Waals surface area contributed by atoms with E-state index in [-0.39, 0.29) is 17.6 Å². The summed E-state index contributed by atoms with van der Waals surface area (Å²) in [6.07, 6.45) is 3.71. The van der Waals surface area contributed by atoms with Gasteiger partial charge in [-0.25, -0.2) is 0 Å². The van der Waals surface area contributed by atoms with Crippen molar-refractivity contribution >= 4 is 16.8 Å². The summed E-state index contributed by atoms with van der Waals surface area (Å²) >= 11 is 0. The monoisotopic (exact) mass is 330 g/mol. The molecule has 0 unspecified atom stereocenters. The molecule has 0 bridgehead atoms. The molecule has 2 heterocycles. The predicted molar refractivity (Wildman–Crippen MR) is 94.3 cm³/mol. The van der Waals surface area contributed by atoms with E-state index in [1.165, 1.54) is 0 Å². The second-order valence-electron chi connectivity index (χ2n) is 7.01. The van der Waals surface area contributed by atoms with Crippen LogP contribution >= 0.6 is 0 Å². The van der Waals surface area contributed by atoms with Crippen LogP contribution < -0.4 is 5.32 Å². The zero-order valence-electron chi connectivity index (χ0n) is 14.7. The summed E-state index contributed by atoms with van der Waals surface area (Å²) in [5.74, 6) is -0.00667. The van der Waals surface area contributed by atoms with E-state index >= 15 is 0 Å². The second kappa shape index (κ2) is 6.95. The van der Waals surface area contributed by atoms with Crippen LogP contribution in [0.1, 0.15) is 37.0 Å². The van der Waals surface area contributed by atoms with Gasteiger partial charge in [0.1, 0.15) is 0 Å². The highest BCUT2D eigenvalue weighted by Gasteiger charge is 2.30. The Bertz CT molecular complexity index is 720. The molecule has 2 aromatic rings. The Morgan fingerprint density at radius 1 is 1.42 bits per heavy atom. The van der Waals surface area contributed by atoms with Crippen molar-refractivity contribution in [2.24, 2.45) is 0 Å². The maximum Gasteiger partial charge on any atom is 0.252 e. The molecular weight excluding hydrogens is 304 g/mol. The van der Waals surface area contributed by atoms with E-state index in [0.29, 0.717) is 13.2 Å². The lowest BCUT2D eigenvalue weighted by atomic mass is 9.93. The number of amides is 1. The molecule has 5 heteroatoms. The summed E-state index contributed by atoms with van der Waals surface area (Å²) in [6, 6.07) is 8.04. The molecule has 1 aromatic carbocycles. The van der Waals surface area contributed by atoms with E-state index in [2.05, 4.69) is 23.7 Å². The number of nitrogens with one attached hydrogen (secondary N) is 1. The van der Waals surface area contributed by atoms with Crippen molar-refractivity contribution in [2.45, 2.75) is 44.9 Å². The summed E-state index contributed by atoms with van der Waals surface area (Å²) < 4.78 is 13.0. The highest BCUT2D eigenvalue weighted by atomic mass is 16.5. The molecule has 1 saturated heterocycles. The van der Waals surface area contributed by atoms with Crippen molar-refractivity contribution in [2.75, 3.05) is 20.3 Å². The van der Waals surface area contributed by atoms with Crippen molar-refractivity contribution in [1.29, 1.82) is 0 Å². The summed E-state index contributed by atoms with van der Waals surface area (Å²) in [4.78, 5) is 12.8. The molecule has 0 saturated carbocycles. The number of fused-ring (bicyclic) bond motifs is 1. The molecule has 1 amide bonds. The molecule has 1 atom stereocenters. The normalized spacial score (nSPS) is 20.2. The standard InChI is InChI=1S/C19H26N2O3/c1-19(2)13-14(8-11-24-19)20-18(22)16-5-4-6-17-15(16)7-9-21(17)10-12-23-3/h4-7,9,14H,8,10-13H2,1-3H3,(H,20,22)/t14-/m1/s1. The quantitative estimate of drug-likeness (QED) is 0.917. The number of hydrogen-bond donors (Lipinski definition) is 1. The summed E-state index contributed by atoms with van der Waals surface area (Å²) in [5.41, 5.74) is 1.62. The number of benzene rings is 1. The van der Waals surface area contributed by atoms with Crippen LogP contribution in [0.4, 0.5) is 0 Å². The summed E-state index contributed by atoms with van der Waals surface area (Å²) in [5, 5.41) is 4.17. The average molecular weight is 330 g/mol. The van der Waals surface area contributed by atoms with E-state index in [0.717, 1.165) is 35.9 Å².